The molecule has 0 aromatic heterocycles. The van der Waals surface area contributed by atoms with Gasteiger partial charge in [0, 0.05) is 11.3 Å². The number of aryl methyl sites for hydroxylation is 2. The highest BCUT2D eigenvalue weighted by molar-refractivity contribution is 7.92. The fraction of sp³-hybridized carbons (Fsp3) is 0.0952. The number of rotatable bonds is 5. The summed E-state index contributed by atoms with van der Waals surface area (Å²) in [7, 11) is -3.71. The second kappa shape index (κ2) is 8.04. The van der Waals surface area contributed by atoms with Gasteiger partial charge in [-0.2, -0.15) is 0 Å². The Kier molecular flexibility index (Phi) is 5.72. The van der Waals surface area contributed by atoms with Gasteiger partial charge in [0.25, 0.3) is 15.9 Å². The molecule has 3 aromatic carbocycles. The van der Waals surface area contributed by atoms with Crippen molar-refractivity contribution in [3.63, 3.8) is 0 Å². The normalized spacial score (nSPS) is 11.1. The first-order valence-electron chi connectivity index (χ1n) is 8.52. The molecule has 5 nitrogen and oxygen atoms in total. The molecule has 0 spiro atoms. The van der Waals surface area contributed by atoms with Crippen molar-refractivity contribution >= 4 is 38.9 Å². The summed E-state index contributed by atoms with van der Waals surface area (Å²) < 4.78 is 27.6. The van der Waals surface area contributed by atoms with Crippen LogP contribution in [0.25, 0.3) is 0 Å². The molecule has 0 saturated heterocycles. The van der Waals surface area contributed by atoms with Gasteiger partial charge in [-0.05, 0) is 73.5 Å². The van der Waals surface area contributed by atoms with Crippen LogP contribution in [0.3, 0.4) is 0 Å². The molecule has 1 amide bonds. The Morgan fingerprint density at radius 2 is 1.57 bits per heavy atom. The van der Waals surface area contributed by atoms with Crippen LogP contribution in [-0.4, -0.2) is 14.3 Å². The number of nitrogens with one attached hydrogen (secondary N) is 2. The molecule has 0 aliphatic rings. The Morgan fingerprint density at radius 1 is 0.893 bits per heavy atom. The lowest BCUT2D eigenvalue weighted by molar-refractivity contribution is 0.102. The second-order valence-corrected chi connectivity index (χ2v) is 8.45. The molecule has 7 heteroatoms. The van der Waals surface area contributed by atoms with Gasteiger partial charge in [-0.25, -0.2) is 8.42 Å². The van der Waals surface area contributed by atoms with Crippen molar-refractivity contribution < 1.29 is 13.2 Å². The van der Waals surface area contributed by atoms with Gasteiger partial charge in [-0.3, -0.25) is 9.52 Å². The van der Waals surface area contributed by atoms with Gasteiger partial charge in [0.15, 0.2) is 0 Å². The minimum atomic E-state index is -3.71. The number of carbonyl (C=O) groups excluding carboxylic acids is 1. The highest BCUT2D eigenvalue weighted by Crippen LogP contribution is 2.22. The summed E-state index contributed by atoms with van der Waals surface area (Å²) in [6.45, 7) is 3.78. The van der Waals surface area contributed by atoms with Crippen LogP contribution >= 0.6 is 11.6 Å². The number of hydrogen-bond donors (Lipinski definition) is 2. The molecule has 0 aliphatic heterocycles. The average molecular weight is 415 g/mol. The van der Waals surface area contributed by atoms with Crippen LogP contribution in [0.15, 0.2) is 71.6 Å². The number of anilines is 2. The minimum absolute atomic E-state index is 0.191. The monoisotopic (exact) mass is 414 g/mol. The molecule has 0 saturated carbocycles. The van der Waals surface area contributed by atoms with Gasteiger partial charge >= 0.3 is 0 Å². The highest BCUT2D eigenvalue weighted by atomic mass is 35.5. The summed E-state index contributed by atoms with van der Waals surface area (Å²) in [4.78, 5) is 12.5. The lowest BCUT2D eigenvalue weighted by atomic mass is 10.1. The van der Waals surface area contributed by atoms with Crippen molar-refractivity contribution in [1.82, 2.24) is 0 Å². The first-order valence-corrected chi connectivity index (χ1v) is 10.4. The summed E-state index contributed by atoms with van der Waals surface area (Å²) >= 11 is 6.04. The quantitative estimate of drug-likeness (QED) is 0.616. The van der Waals surface area contributed by atoms with E-state index in [0.29, 0.717) is 22.0 Å². The van der Waals surface area contributed by atoms with Crippen LogP contribution in [0.4, 0.5) is 11.4 Å². The summed E-state index contributed by atoms with van der Waals surface area (Å²) in [5.41, 5.74) is 3.18. The van der Waals surface area contributed by atoms with Crippen molar-refractivity contribution in [1.29, 1.82) is 0 Å². The number of benzene rings is 3. The molecule has 28 heavy (non-hydrogen) atoms. The van der Waals surface area contributed by atoms with E-state index < -0.39 is 10.0 Å². The van der Waals surface area contributed by atoms with Crippen LogP contribution in [0.2, 0.25) is 5.02 Å². The van der Waals surface area contributed by atoms with E-state index in [0.717, 1.165) is 11.1 Å². The maximum Gasteiger partial charge on any atom is 0.261 e. The number of carbonyl (C=O) groups is 1. The van der Waals surface area contributed by atoms with Gasteiger partial charge in [0.05, 0.1) is 15.6 Å². The van der Waals surface area contributed by atoms with Gasteiger partial charge < -0.3 is 5.32 Å². The van der Waals surface area contributed by atoms with Crippen molar-refractivity contribution in [2.75, 3.05) is 10.0 Å². The van der Waals surface area contributed by atoms with Crippen LogP contribution in [0.1, 0.15) is 21.5 Å². The number of halogens is 1. The molecule has 3 rings (SSSR count). The smallest absolute Gasteiger partial charge is 0.261 e. The molecular formula is C21H19ClN2O3S. The predicted octanol–water partition coefficient (Wildman–Crippen LogP) is 5.01. The van der Waals surface area contributed by atoms with E-state index >= 15 is 0 Å². The maximum absolute atomic E-state index is 12.6. The predicted molar refractivity (Wildman–Crippen MR) is 113 cm³/mol. The Morgan fingerprint density at radius 3 is 2.21 bits per heavy atom. The fourth-order valence-corrected chi connectivity index (χ4v) is 3.87. The van der Waals surface area contributed by atoms with E-state index in [9.17, 15) is 13.2 Å². The SMILES string of the molecule is Cc1ccc(S(=O)(=O)Nc2ccc(C(=O)Nc3ccccc3Cl)cc2)cc1C. The molecule has 0 aliphatic carbocycles. The van der Waals surface area contributed by atoms with E-state index in [1.165, 1.54) is 0 Å². The van der Waals surface area contributed by atoms with Gasteiger partial charge in [-0.1, -0.05) is 29.8 Å². The molecule has 3 aromatic rings. The third-order valence-corrected chi connectivity index (χ3v) is 6.02. The highest BCUT2D eigenvalue weighted by Gasteiger charge is 2.15. The number of para-hydroxylation sites is 1. The molecule has 0 unspecified atom stereocenters. The minimum Gasteiger partial charge on any atom is -0.321 e. The van der Waals surface area contributed by atoms with Crippen molar-refractivity contribution in [3.05, 3.63) is 88.4 Å². The Balaban J connectivity index is 1.74. The van der Waals surface area contributed by atoms with Crippen molar-refractivity contribution in [2.24, 2.45) is 0 Å². The molecule has 0 fully saturated rings. The number of sulfonamides is 1. The van der Waals surface area contributed by atoms with E-state index in [2.05, 4.69) is 10.0 Å². The summed E-state index contributed by atoms with van der Waals surface area (Å²) in [6.07, 6.45) is 0. The largest absolute Gasteiger partial charge is 0.321 e. The van der Waals surface area contributed by atoms with Gasteiger partial charge in [-0.15, -0.1) is 0 Å². The zero-order valence-electron chi connectivity index (χ0n) is 15.4. The Labute approximate surface area is 169 Å². The molecular weight excluding hydrogens is 396 g/mol. The van der Waals surface area contributed by atoms with E-state index in [1.54, 1.807) is 66.7 Å². The third kappa shape index (κ3) is 4.52. The Bertz CT molecular complexity index is 1130. The summed E-state index contributed by atoms with van der Waals surface area (Å²) in [5.74, 6) is -0.336. The standard InChI is InChI=1S/C21H19ClN2O3S/c1-14-7-12-18(13-15(14)2)28(26,27)24-17-10-8-16(9-11-17)21(25)23-20-6-4-3-5-19(20)22/h3-13,24H,1-2H3,(H,23,25). The molecule has 0 atom stereocenters. The van der Waals surface area contributed by atoms with Crippen LogP contribution in [-0.2, 0) is 10.0 Å². The first kappa shape index (κ1) is 19.9. The summed E-state index contributed by atoms with van der Waals surface area (Å²) in [6, 6.07) is 18.1. The number of amides is 1. The van der Waals surface area contributed by atoms with Crippen LogP contribution < -0.4 is 10.0 Å². The van der Waals surface area contributed by atoms with Gasteiger partial charge in [0.1, 0.15) is 0 Å². The van der Waals surface area contributed by atoms with E-state index in [1.807, 2.05) is 13.8 Å². The molecule has 0 radical (unpaired) electrons. The lowest BCUT2D eigenvalue weighted by Crippen LogP contribution is -2.14. The zero-order valence-corrected chi connectivity index (χ0v) is 16.9. The van der Waals surface area contributed by atoms with Crippen molar-refractivity contribution in [2.45, 2.75) is 18.7 Å². The van der Waals surface area contributed by atoms with E-state index in [-0.39, 0.29) is 10.8 Å². The Hall–Kier alpha value is -2.83. The van der Waals surface area contributed by atoms with Crippen molar-refractivity contribution in [3.8, 4) is 0 Å². The summed E-state index contributed by atoms with van der Waals surface area (Å²) in [5, 5.41) is 3.16. The zero-order chi connectivity index (χ0) is 20.3. The fourth-order valence-electron chi connectivity index (χ4n) is 2.54. The molecule has 0 bridgehead atoms. The average Bonchev–Trinajstić information content (AvgIpc) is 2.66. The van der Waals surface area contributed by atoms with Crippen LogP contribution in [0.5, 0.6) is 0 Å². The topological polar surface area (TPSA) is 75.3 Å². The lowest BCUT2D eigenvalue weighted by Gasteiger charge is -2.11. The third-order valence-electron chi connectivity index (χ3n) is 4.31. The first-order chi connectivity index (χ1) is 13.3. The molecule has 2 N–H and O–H groups in total. The van der Waals surface area contributed by atoms with Crippen LogP contribution in [0, 0.1) is 13.8 Å². The van der Waals surface area contributed by atoms with E-state index in [4.69, 9.17) is 11.6 Å². The maximum atomic E-state index is 12.6. The molecule has 0 heterocycles. The second-order valence-electron chi connectivity index (χ2n) is 6.36. The number of hydrogen-bond acceptors (Lipinski definition) is 3. The van der Waals surface area contributed by atoms with Gasteiger partial charge in [0.2, 0.25) is 0 Å². The molecule has 144 valence electrons.